The predicted octanol–water partition coefficient (Wildman–Crippen LogP) is 2.28. The molecule has 0 aliphatic carbocycles. The van der Waals surface area contributed by atoms with E-state index < -0.39 is 0 Å². The van der Waals surface area contributed by atoms with Crippen LogP contribution in [0.1, 0.15) is 17.6 Å². The quantitative estimate of drug-likeness (QED) is 0.842. The maximum Gasteiger partial charge on any atom is 0.218 e. The van der Waals surface area contributed by atoms with Gasteiger partial charge in [-0.25, -0.2) is 4.98 Å². The summed E-state index contributed by atoms with van der Waals surface area (Å²) < 4.78 is 10.9. The van der Waals surface area contributed by atoms with Gasteiger partial charge in [-0.15, -0.1) is 11.3 Å². The predicted molar refractivity (Wildman–Crippen MR) is 75.3 cm³/mol. The minimum atomic E-state index is 0.350. The largest absolute Gasteiger partial charge is 0.477 e. The molecule has 0 amide bonds. The minimum Gasteiger partial charge on any atom is -0.477 e. The van der Waals surface area contributed by atoms with Gasteiger partial charge in [0.2, 0.25) is 5.88 Å². The second-order valence-corrected chi connectivity index (χ2v) is 4.89. The molecule has 2 aromatic rings. The van der Waals surface area contributed by atoms with Crippen LogP contribution in [0.2, 0.25) is 0 Å². The van der Waals surface area contributed by atoms with Gasteiger partial charge in [0.05, 0.1) is 6.61 Å². The van der Waals surface area contributed by atoms with E-state index in [4.69, 9.17) is 15.2 Å². The summed E-state index contributed by atoms with van der Waals surface area (Å²) in [6.07, 6.45) is 0.863. The summed E-state index contributed by atoms with van der Waals surface area (Å²) in [6.45, 7) is 3.46. The highest BCUT2D eigenvalue weighted by Crippen LogP contribution is 2.13. The van der Waals surface area contributed by atoms with E-state index in [2.05, 4.69) is 21.4 Å². The molecule has 102 valence electrons. The Labute approximate surface area is 116 Å². The topological polar surface area (TPSA) is 70.3 Å². The summed E-state index contributed by atoms with van der Waals surface area (Å²) in [4.78, 5) is 9.64. The molecule has 0 saturated heterocycles. The number of anilines is 1. The van der Waals surface area contributed by atoms with Crippen molar-refractivity contribution in [2.45, 2.75) is 20.0 Å². The van der Waals surface area contributed by atoms with Crippen LogP contribution in [0.4, 0.5) is 5.82 Å². The number of aromatic nitrogens is 2. The SMILES string of the molecule is CCOCc1nc(N)cc(OCCc2cccs2)n1. The number of thiophene rings is 1. The van der Waals surface area contributed by atoms with E-state index in [0.29, 0.717) is 37.3 Å². The average Bonchev–Trinajstić information content (AvgIpc) is 2.89. The van der Waals surface area contributed by atoms with E-state index in [1.807, 2.05) is 13.0 Å². The molecular formula is C13H17N3O2S. The molecule has 0 aromatic carbocycles. The Hall–Kier alpha value is -1.66. The van der Waals surface area contributed by atoms with Crippen molar-refractivity contribution in [1.29, 1.82) is 0 Å². The van der Waals surface area contributed by atoms with Gasteiger partial charge >= 0.3 is 0 Å². The maximum atomic E-state index is 5.71. The van der Waals surface area contributed by atoms with Crippen LogP contribution in [-0.4, -0.2) is 23.2 Å². The van der Waals surface area contributed by atoms with Crippen LogP contribution in [0.3, 0.4) is 0 Å². The molecule has 2 N–H and O–H groups in total. The van der Waals surface area contributed by atoms with Crippen molar-refractivity contribution in [1.82, 2.24) is 9.97 Å². The fourth-order valence-electron chi connectivity index (χ4n) is 1.54. The zero-order valence-electron chi connectivity index (χ0n) is 10.8. The second kappa shape index (κ2) is 7.06. The maximum absolute atomic E-state index is 5.71. The Morgan fingerprint density at radius 1 is 1.37 bits per heavy atom. The van der Waals surface area contributed by atoms with E-state index in [0.717, 1.165) is 6.42 Å². The summed E-state index contributed by atoms with van der Waals surface area (Å²) in [7, 11) is 0. The molecule has 0 aliphatic rings. The van der Waals surface area contributed by atoms with E-state index in [-0.39, 0.29) is 0 Å². The van der Waals surface area contributed by atoms with Crippen molar-refractivity contribution >= 4 is 17.2 Å². The van der Waals surface area contributed by atoms with Gasteiger partial charge in [0.15, 0.2) is 5.82 Å². The monoisotopic (exact) mass is 279 g/mol. The molecule has 0 atom stereocenters. The molecule has 2 heterocycles. The number of nitrogens with two attached hydrogens (primary N) is 1. The molecule has 6 heteroatoms. The number of ether oxygens (including phenoxy) is 2. The standard InChI is InChI=1S/C13H17N3O2S/c1-2-17-9-12-15-11(14)8-13(16-12)18-6-5-10-4-3-7-19-10/h3-4,7-8H,2,5-6,9H2,1H3,(H2,14,15,16). The summed E-state index contributed by atoms with van der Waals surface area (Å²) >= 11 is 1.72. The highest BCUT2D eigenvalue weighted by atomic mass is 32.1. The van der Waals surface area contributed by atoms with Crippen molar-refractivity contribution in [3.05, 3.63) is 34.3 Å². The van der Waals surface area contributed by atoms with E-state index in [1.165, 1.54) is 4.88 Å². The highest BCUT2D eigenvalue weighted by Gasteiger charge is 2.04. The van der Waals surface area contributed by atoms with E-state index >= 15 is 0 Å². The fraction of sp³-hybridized carbons (Fsp3) is 0.385. The molecule has 2 rings (SSSR count). The van der Waals surface area contributed by atoms with Crippen LogP contribution in [0.25, 0.3) is 0 Å². The third-order valence-corrected chi connectivity index (χ3v) is 3.32. The summed E-state index contributed by atoms with van der Waals surface area (Å²) in [5.74, 6) is 1.45. The van der Waals surface area contributed by atoms with E-state index in [1.54, 1.807) is 17.4 Å². The normalized spacial score (nSPS) is 10.6. The van der Waals surface area contributed by atoms with Gasteiger partial charge in [-0.1, -0.05) is 6.07 Å². The molecule has 0 bridgehead atoms. The smallest absolute Gasteiger partial charge is 0.218 e. The molecule has 0 aliphatic heterocycles. The first-order valence-corrected chi connectivity index (χ1v) is 7.02. The summed E-state index contributed by atoms with van der Waals surface area (Å²) in [5, 5.41) is 2.05. The third-order valence-electron chi connectivity index (χ3n) is 2.38. The van der Waals surface area contributed by atoms with Gasteiger partial charge in [-0.2, -0.15) is 4.98 Å². The third kappa shape index (κ3) is 4.50. The van der Waals surface area contributed by atoms with Gasteiger partial charge in [-0.3, -0.25) is 0 Å². The highest BCUT2D eigenvalue weighted by molar-refractivity contribution is 7.09. The molecule has 0 unspecified atom stereocenters. The molecule has 19 heavy (non-hydrogen) atoms. The van der Waals surface area contributed by atoms with Gasteiger partial charge in [0, 0.05) is 24.0 Å². The first-order valence-electron chi connectivity index (χ1n) is 6.14. The molecule has 5 nitrogen and oxygen atoms in total. The van der Waals surface area contributed by atoms with Crippen LogP contribution in [-0.2, 0) is 17.8 Å². The first-order chi connectivity index (χ1) is 9.28. The lowest BCUT2D eigenvalue weighted by Gasteiger charge is -2.07. The molecule has 2 aromatic heterocycles. The summed E-state index contributed by atoms with van der Waals surface area (Å²) in [6, 6.07) is 5.75. The number of nitrogens with zero attached hydrogens (tertiary/aromatic N) is 2. The van der Waals surface area contributed by atoms with Gasteiger partial charge < -0.3 is 15.2 Å². The number of nitrogen functional groups attached to an aromatic ring is 1. The molecule has 0 saturated carbocycles. The minimum absolute atomic E-state index is 0.350. The molecule has 0 spiro atoms. The number of hydrogen-bond donors (Lipinski definition) is 1. The van der Waals surface area contributed by atoms with Gasteiger partial charge in [0.1, 0.15) is 12.4 Å². The first kappa shape index (κ1) is 13.8. The average molecular weight is 279 g/mol. The second-order valence-electron chi connectivity index (χ2n) is 3.86. The Morgan fingerprint density at radius 3 is 3.00 bits per heavy atom. The van der Waals surface area contributed by atoms with Crippen LogP contribution in [0.5, 0.6) is 5.88 Å². The van der Waals surface area contributed by atoms with Crippen molar-refractivity contribution < 1.29 is 9.47 Å². The molecule has 0 fully saturated rings. The molecular weight excluding hydrogens is 262 g/mol. The Balaban J connectivity index is 1.90. The number of hydrogen-bond acceptors (Lipinski definition) is 6. The van der Waals surface area contributed by atoms with Gasteiger partial charge in [-0.05, 0) is 18.4 Å². The zero-order chi connectivity index (χ0) is 13.5. The lowest BCUT2D eigenvalue weighted by Crippen LogP contribution is -2.07. The van der Waals surface area contributed by atoms with Crippen molar-refractivity contribution in [3.63, 3.8) is 0 Å². The lowest BCUT2D eigenvalue weighted by atomic mass is 10.4. The molecule has 0 radical (unpaired) electrons. The fourth-order valence-corrected chi connectivity index (χ4v) is 2.23. The van der Waals surface area contributed by atoms with Crippen LogP contribution in [0, 0.1) is 0 Å². The summed E-state index contributed by atoms with van der Waals surface area (Å²) in [5.41, 5.74) is 5.71. The lowest BCUT2D eigenvalue weighted by molar-refractivity contribution is 0.127. The number of rotatable bonds is 7. The van der Waals surface area contributed by atoms with Gasteiger partial charge in [0.25, 0.3) is 0 Å². The van der Waals surface area contributed by atoms with Crippen LogP contribution < -0.4 is 10.5 Å². The Kier molecular flexibility index (Phi) is 5.11. The van der Waals surface area contributed by atoms with Crippen molar-refractivity contribution in [3.8, 4) is 5.88 Å². The van der Waals surface area contributed by atoms with Crippen LogP contribution >= 0.6 is 11.3 Å². The van der Waals surface area contributed by atoms with Crippen molar-refractivity contribution in [2.24, 2.45) is 0 Å². The zero-order valence-corrected chi connectivity index (χ0v) is 11.7. The van der Waals surface area contributed by atoms with Crippen molar-refractivity contribution in [2.75, 3.05) is 18.9 Å². The Bertz CT molecular complexity index is 503. The Morgan fingerprint density at radius 2 is 2.26 bits per heavy atom. The van der Waals surface area contributed by atoms with E-state index in [9.17, 15) is 0 Å². The van der Waals surface area contributed by atoms with Crippen LogP contribution in [0.15, 0.2) is 23.6 Å².